The van der Waals surface area contributed by atoms with Gasteiger partial charge in [-0.2, -0.15) is 4.98 Å². The lowest BCUT2D eigenvalue weighted by Crippen LogP contribution is -1.97. The first-order valence-electron chi connectivity index (χ1n) is 7.83. The van der Waals surface area contributed by atoms with E-state index in [0.29, 0.717) is 17.8 Å². The highest BCUT2D eigenvalue weighted by Crippen LogP contribution is 2.30. The van der Waals surface area contributed by atoms with E-state index in [1.165, 1.54) is 10.9 Å². The SMILES string of the molecule is CC(C)n1ccc2cc(-c3noc(-c4ccccc4Br)n3)ccc21. The zero-order valence-electron chi connectivity index (χ0n) is 13.4. The lowest BCUT2D eigenvalue weighted by molar-refractivity contribution is 0.432. The van der Waals surface area contributed by atoms with Crippen molar-refractivity contribution in [3.8, 4) is 22.8 Å². The fourth-order valence-electron chi connectivity index (χ4n) is 2.84. The van der Waals surface area contributed by atoms with Gasteiger partial charge in [0.1, 0.15) is 0 Å². The van der Waals surface area contributed by atoms with E-state index in [4.69, 9.17) is 4.52 Å². The molecule has 2 heterocycles. The van der Waals surface area contributed by atoms with E-state index in [1.807, 2.05) is 30.3 Å². The number of aromatic nitrogens is 3. The Kier molecular flexibility index (Phi) is 3.73. The average Bonchev–Trinajstić information content (AvgIpc) is 3.21. The zero-order chi connectivity index (χ0) is 16.7. The van der Waals surface area contributed by atoms with E-state index in [1.54, 1.807) is 0 Å². The Morgan fingerprint density at radius 3 is 2.71 bits per heavy atom. The first kappa shape index (κ1) is 15.1. The van der Waals surface area contributed by atoms with Gasteiger partial charge in [0.25, 0.3) is 5.89 Å². The molecule has 4 aromatic rings. The smallest absolute Gasteiger partial charge is 0.259 e. The van der Waals surface area contributed by atoms with Gasteiger partial charge in [0, 0.05) is 33.2 Å². The van der Waals surface area contributed by atoms with Crippen LogP contribution in [0.2, 0.25) is 0 Å². The highest BCUT2D eigenvalue weighted by Gasteiger charge is 2.14. The molecule has 0 fully saturated rings. The molecular formula is C19H16BrN3O. The topological polar surface area (TPSA) is 43.9 Å². The first-order valence-corrected chi connectivity index (χ1v) is 8.62. The molecule has 0 aliphatic heterocycles. The van der Waals surface area contributed by atoms with Crippen LogP contribution in [0.3, 0.4) is 0 Å². The van der Waals surface area contributed by atoms with Gasteiger partial charge in [-0.05, 0) is 66.2 Å². The normalized spacial score (nSPS) is 11.5. The molecule has 0 saturated heterocycles. The minimum atomic E-state index is 0.431. The van der Waals surface area contributed by atoms with Gasteiger partial charge in [-0.3, -0.25) is 0 Å². The third kappa shape index (κ3) is 2.55. The molecule has 5 heteroatoms. The second-order valence-corrected chi connectivity index (χ2v) is 6.85. The van der Waals surface area contributed by atoms with Crippen molar-refractivity contribution in [3.05, 3.63) is 59.2 Å². The zero-order valence-corrected chi connectivity index (χ0v) is 15.0. The summed E-state index contributed by atoms with van der Waals surface area (Å²) < 4.78 is 8.63. The van der Waals surface area contributed by atoms with Crippen molar-refractivity contribution < 1.29 is 4.52 Å². The van der Waals surface area contributed by atoms with E-state index in [-0.39, 0.29) is 0 Å². The van der Waals surface area contributed by atoms with Gasteiger partial charge < -0.3 is 9.09 Å². The molecule has 120 valence electrons. The van der Waals surface area contributed by atoms with Gasteiger partial charge in [-0.15, -0.1) is 0 Å². The Morgan fingerprint density at radius 1 is 1.08 bits per heavy atom. The predicted octanol–water partition coefficient (Wildman–Crippen LogP) is 5.70. The fourth-order valence-corrected chi connectivity index (χ4v) is 3.29. The van der Waals surface area contributed by atoms with E-state index in [2.05, 4.69) is 68.9 Å². The van der Waals surface area contributed by atoms with Crippen LogP contribution in [-0.4, -0.2) is 14.7 Å². The maximum Gasteiger partial charge on any atom is 0.259 e. The summed E-state index contributed by atoms with van der Waals surface area (Å²) in [7, 11) is 0. The summed E-state index contributed by atoms with van der Waals surface area (Å²) in [6.45, 7) is 4.35. The van der Waals surface area contributed by atoms with Crippen LogP contribution in [0.5, 0.6) is 0 Å². The summed E-state index contributed by atoms with van der Waals surface area (Å²) in [6.07, 6.45) is 2.11. The average molecular weight is 382 g/mol. The van der Waals surface area contributed by atoms with Crippen molar-refractivity contribution in [2.24, 2.45) is 0 Å². The largest absolute Gasteiger partial charge is 0.345 e. The van der Waals surface area contributed by atoms with Crippen LogP contribution in [-0.2, 0) is 0 Å². The minimum absolute atomic E-state index is 0.431. The fraction of sp³-hybridized carbons (Fsp3) is 0.158. The van der Waals surface area contributed by atoms with E-state index >= 15 is 0 Å². The molecular weight excluding hydrogens is 366 g/mol. The molecule has 0 atom stereocenters. The monoisotopic (exact) mass is 381 g/mol. The molecule has 4 rings (SSSR count). The summed E-state index contributed by atoms with van der Waals surface area (Å²) in [5.74, 6) is 1.11. The summed E-state index contributed by atoms with van der Waals surface area (Å²) in [4.78, 5) is 4.55. The van der Waals surface area contributed by atoms with Crippen LogP contribution in [0.25, 0.3) is 33.7 Å². The third-order valence-electron chi connectivity index (χ3n) is 4.07. The van der Waals surface area contributed by atoms with Gasteiger partial charge in [0.2, 0.25) is 5.82 Å². The number of nitrogens with zero attached hydrogens (tertiary/aromatic N) is 3. The molecule has 2 aromatic carbocycles. The summed E-state index contributed by atoms with van der Waals surface area (Å²) in [5.41, 5.74) is 3.05. The maximum atomic E-state index is 5.45. The second kappa shape index (κ2) is 5.91. The quantitative estimate of drug-likeness (QED) is 0.456. The summed E-state index contributed by atoms with van der Waals surface area (Å²) in [5, 5.41) is 5.31. The first-order chi connectivity index (χ1) is 11.6. The van der Waals surface area contributed by atoms with Gasteiger partial charge >= 0.3 is 0 Å². The standard InChI is InChI=1S/C19H16BrN3O/c1-12(2)23-10-9-13-11-14(7-8-17(13)23)18-21-19(24-22-18)15-5-3-4-6-16(15)20/h3-12H,1-2H3. The molecule has 0 N–H and O–H groups in total. The molecule has 0 unspecified atom stereocenters. The lowest BCUT2D eigenvalue weighted by atomic mass is 10.1. The van der Waals surface area contributed by atoms with Crippen molar-refractivity contribution in [2.45, 2.75) is 19.9 Å². The van der Waals surface area contributed by atoms with Gasteiger partial charge in [-0.1, -0.05) is 17.3 Å². The second-order valence-electron chi connectivity index (χ2n) is 5.99. The maximum absolute atomic E-state index is 5.45. The molecule has 0 aliphatic carbocycles. The molecule has 0 spiro atoms. The number of hydrogen-bond acceptors (Lipinski definition) is 3. The van der Waals surface area contributed by atoms with Gasteiger partial charge in [0.05, 0.1) is 5.56 Å². The van der Waals surface area contributed by atoms with Crippen molar-refractivity contribution in [1.29, 1.82) is 0 Å². The van der Waals surface area contributed by atoms with Crippen LogP contribution in [0.1, 0.15) is 19.9 Å². The van der Waals surface area contributed by atoms with Crippen LogP contribution < -0.4 is 0 Å². The molecule has 0 bridgehead atoms. The Balaban J connectivity index is 1.75. The number of benzene rings is 2. The van der Waals surface area contributed by atoms with Crippen molar-refractivity contribution in [3.63, 3.8) is 0 Å². The molecule has 0 radical (unpaired) electrons. The van der Waals surface area contributed by atoms with Crippen molar-refractivity contribution in [1.82, 2.24) is 14.7 Å². The molecule has 24 heavy (non-hydrogen) atoms. The minimum Gasteiger partial charge on any atom is -0.345 e. The summed E-state index contributed by atoms with van der Waals surface area (Å²) >= 11 is 3.52. The lowest BCUT2D eigenvalue weighted by Gasteiger charge is -2.09. The Morgan fingerprint density at radius 2 is 1.92 bits per heavy atom. The number of rotatable bonds is 3. The predicted molar refractivity (Wildman–Crippen MR) is 98.8 cm³/mol. The van der Waals surface area contributed by atoms with Crippen molar-refractivity contribution in [2.75, 3.05) is 0 Å². The highest BCUT2D eigenvalue weighted by atomic mass is 79.9. The Hall–Kier alpha value is -2.40. The molecule has 0 saturated carbocycles. The van der Waals surface area contributed by atoms with Crippen LogP contribution in [0.15, 0.2) is 63.7 Å². The molecule has 0 aliphatic rings. The molecule has 0 amide bonds. The van der Waals surface area contributed by atoms with Crippen LogP contribution in [0, 0.1) is 0 Å². The van der Waals surface area contributed by atoms with E-state index in [0.717, 1.165) is 15.6 Å². The van der Waals surface area contributed by atoms with E-state index < -0.39 is 0 Å². The van der Waals surface area contributed by atoms with Crippen LogP contribution >= 0.6 is 15.9 Å². The number of fused-ring (bicyclic) bond motifs is 1. The third-order valence-corrected chi connectivity index (χ3v) is 4.76. The van der Waals surface area contributed by atoms with Gasteiger partial charge in [-0.25, -0.2) is 0 Å². The van der Waals surface area contributed by atoms with Gasteiger partial charge in [0.15, 0.2) is 0 Å². The summed E-state index contributed by atoms with van der Waals surface area (Å²) in [6, 6.07) is 16.6. The highest BCUT2D eigenvalue weighted by molar-refractivity contribution is 9.10. The van der Waals surface area contributed by atoms with E-state index in [9.17, 15) is 0 Å². The molecule has 2 aromatic heterocycles. The molecule has 4 nitrogen and oxygen atoms in total. The Labute approximate surface area is 148 Å². The van der Waals surface area contributed by atoms with Crippen LogP contribution in [0.4, 0.5) is 0 Å². The Bertz CT molecular complexity index is 1020. The van der Waals surface area contributed by atoms with Crippen molar-refractivity contribution >= 4 is 26.8 Å². The number of hydrogen-bond donors (Lipinski definition) is 0. The number of halogens is 1.